The lowest BCUT2D eigenvalue weighted by Crippen LogP contribution is -2.31. The lowest BCUT2D eigenvalue weighted by atomic mass is 10.2. The minimum absolute atomic E-state index is 0.489. The normalized spacial score (nSPS) is 16.9. The van der Waals surface area contributed by atoms with E-state index in [4.69, 9.17) is 10.2 Å². The summed E-state index contributed by atoms with van der Waals surface area (Å²) in [5.41, 5.74) is 6.79. The van der Waals surface area contributed by atoms with Crippen LogP contribution in [0.4, 0.5) is 0 Å². The Morgan fingerprint density at radius 2 is 2.11 bits per heavy atom. The van der Waals surface area contributed by atoms with Gasteiger partial charge in [-0.05, 0) is 51.5 Å². The average Bonchev–Trinajstić information content (AvgIpc) is 2.96. The first-order valence-electron chi connectivity index (χ1n) is 6.88. The van der Waals surface area contributed by atoms with Crippen molar-refractivity contribution in [3.8, 4) is 0 Å². The van der Waals surface area contributed by atoms with Crippen LogP contribution in [0.1, 0.15) is 29.9 Å². The summed E-state index contributed by atoms with van der Waals surface area (Å²) in [4.78, 5) is 4.85. The van der Waals surface area contributed by atoms with Gasteiger partial charge in [-0.2, -0.15) is 0 Å². The summed E-state index contributed by atoms with van der Waals surface area (Å²) in [5.74, 6) is 1.94. The SMILES string of the molecule is Cc1cc(CN(C)CCN2CCCC2)oc1CN. The first-order valence-corrected chi connectivity index (χ1v) is 6.88. The lowest BCUT2D eigenvalue weighted by molar-refractivity contribution is 0.238. The molecule has 0 amide bonds. The standard InChI is InChI=1S/C14H25N3O/c1-12-9-13(18-14(12)10-15)11-16(2)7-8-17-5-3-4-6-17/h9H,3-8,10-11,15H2,1-2H3. The quantitative estimate of drug-likeness (QED) is 0.833. The van der Waals surface area contributed by atoms with Crippen molar-refractivity contribution in [3.05, 3.63) is 23.2 Å². The van der Waals surface area contributed by atoms with Gasteiger partial charge in [0.05, 0.1) is 13.1 Å². The Morgan fingerprint density at radius 1 is 1.39 bits per heavy atom. The molecular formula is C14H25N3O. The Balaban J connectivity index is 1.77. The molecule has 0 spiro atoms. The molecule has 0 saturated carbocycles. The van der Waals surface area contributed by atoms with Crippen LogP contribution in [0.15, 0.2) is 10.5 Å². The molecule has 0 aliphatic carbocycles. The maximum atomic E-state index is 5.73. The fourth-order valence-corrected chi connectivity index (χ4v) is 2.53. The van der Waals surface area contributed by atoms with E-state index in [1.807, 2.05) is 0 Å². The number of hydrogen-bond acceptors (Lipinski definition) is 4. The smallest absolute Gasteiger partial charge is 0.120 e. The fraction of sp³-hybridized carbons (Fsp3) is 0.714. The summed E-state index contributed by atoms with van der Waals surface area (Å²) in [5, 5.41) is 0. The number of aryl methyl sites for hydroxylation is 1. The van der Waals surface area contributed by atoms with E-state index in [1.54, 1.807) is 0 Å². The molecule has 0 bridgehead atoms. The second kappa shape index (κ2) is 6.36. The van der Waals surface area contributed by atoms with Gasteiger partial charge in [-0.1, -0.05) is 0 Å². The zero-order valence-electron chi connectivity index (χ0n) is 11.6. The number of likely N-dealkylation sites (N-methyl/N-ethyl adjacent to an activating group) is 1. The van der Waals surface area contributed by atoms with Crippen LogP contribution in [-0.2, 0) is 13.1 Å². The molecule has 1 aromatic rings. The molecule has 0 unspecified atom stereocenters. The molecule has 0 aromatic carbocycles. The van der Waals surface area contributed by atoms with Crippen molar-refractivity contribution < 1.29 is 4.42 Å². The van der Waals surface area contributed by atoms with Crippen LogP contribution in [0.25, 0.3) is 0 Å². The van der Waals surface area contributed by atoms with Crippen molar-refractivity contribution >= 4 is 0 Å². The van der Waals surface area contributed by atoms with Gasteiger partial charge in [0.2, 0.25) is 0 Å². The molecule has 2 rings (SSSR count). The highest BCUT2D eigenvalue weighted by atomic mass is 16.3. The number of nitrogens with zero attached hydrogens (tertiary/aromatic N) is 2. The zero-order valence-corrected chi connectivity index (χ0v) is 11.6. The van der Waals surface area contributed by atoms with Crippen molar-refractivity contribution in [2.45, 2.75) is 32.9 Å². The Bertz CT molecular complexity index is 369. The molecule has 2 heterocycles. The number of likely N-dealkylation sites (tertiary alicyclic amines) is 1. The van der Waals surface area contributed by atoms with Gasteiger partial charge in [-0.3, -0.25) is 4.90 Å². The van der Waals surface area contributed by atoms with Crippen molar-refractivity contribution in [2.24, 2.45) is 5.73 Å². The Kier molecular flexibility index (Phi) is 4.80. The molecule has 4 nitrogen and oxygen atoms in total. The van der Waals surface area contributed by atoms with Crippen LogP contribution in [0, 0.1) is 6.92 Å². The van der Waals surface area contributed by atoms with Gasteiger partial charge in [-0.25, -0.2) is 0 Å². The van der Waals surface area contributed by atoms with Gasteiger partial charge in [0.25, 0.3) is 0 Å². The monoisotopic (exact) mass is 251 g/mol. The third-order valence-electron chi connectivity index (χ3n) is 3.68. The molecule has 1 saturated heterocycles. The van der Waals surface area contributed by atoms with Gasteiger partial charge >= 0.3 is 0 Å². The maximum absolute atomic E-state index is 5.73. The van der Waals surface area contributed by atoms with Crippen molar-refractivity contribution in [3.63, 3.8) is 0 Å². The van der Waals surface area contributed by atoms with Gasteiger partial charge in [0, 0.05) is 13.1 Å². The van der Waals surface area contributed by atoms with E-state index in [1.165, 1.54) is 38.0 Å². The summed E-state index contributed by atoms with van der Waals surface area (Å²) >= 11 is 0. The molecule has 0 radical (unpaired) electrons. The Labute approximate surface area is 110 Å². The molecule has 102 valence electrons. The highest BCUT2D eigenvalue weighted by Gasteiger charge is 2.13. The Hall–Kier alpha value is -0.840. The molecule has 4 heteroatoms. The summed E-state index contributed by atoms with van der Waals surface area (Å²) in [6.45, 7) is 8.21. The summed E-state index contributed by atoms with van der Waals surface area (Å²) in [6.07, 6.45) is 2.72. The predicted molar refractivity (Wildman–Crippen MR) is 73.3 cm³/mol. The van der Waals surface area contributed by atoms with Crippen molar-refractivity contribution in [2.75, 3.05) is 33.2 Å². The number of nitrogens with two attached hydrogens (primary N) is 1. The second-order valence-electron chi connectivity index (χ2n) is 5.31. The van der Waals surface area contributed by atoms with Gasteiger partial charge in [0.1, 0.15) is 11.5 Å². The zero-order chi connectivity index (χ0) is 13.0. The van der Waals surface area contributed by atoms with E-state index in [0.717, 1.165) is 24.6 Å². The summed E-state index contributed by atoms with van der Waals surface area (Å²) in [7, 11) is 2.15. The lowest BCUT2D eigenvalue weighted by Gasteiger charge is -2.20. The minimum atomic E-state index is 0.489. The number of hydrogen-bond donors (Lipinski definition) is 1. The van der Waals surface area contributed by atoms with E-state index in [2.05, 4.69) is 29.8 Å². The first-order chi connectivity index (χ1) is 8.69. The highest BCUT2D eigenvalue weighted by molar-refractivity contribution is 5.19. The predicted octanol–water partition coefficient (Wildman–Crippen LogP) is 1.57. The van der Waals surface area contributed by atoms with E-state index in [9.17, 15) is 0 Å². The molecule has 1 aliphatic rings. The van der Waals surface area contributed by atoms with Crippen LogP contribution in [0.2, 0.25) is 0 Å². The largest absolute Gasteiger partial charge is 0.463 e. The number of rotatable bonds is 6. The minimum Gasteiger partial charge on any atom is -0.463 e. The highest BCUT2D eigenvalue weighted by Crippen LogP contribution is 2.15. The van der Waals surface area contributed by atoms with E-state index < -0.39 is 0 Å². The molecule has 18 heavy (non-hydrogen) atoms. The first kappa shape index (κ1) is 13.6. The van der Waals surface area contributed by atoms with E-state index in [0.29, 0.717) is 6.54 Å². The summed E-state index contributed by atoms with van der Waals surface area (Å²) < 4.78 is 5.73. The molecule has 0 atom stereocenters. The average molecular weight is 251 g/mol. The molecule has 2 N–H and O–H groups in total. The molecule has 1 aromatic heterocycles. The van der Waals surface area contributed by atoms with Gasteiger partial charge in [0.15, 0.2) is 0 Å². The maximum Gasteiger partial charge on any atom is 0.120 e. The fourth-order valence-electron chi connectivity index (χ4n) is 2.53. The molecular weight excluding hydrogens is 226 g/mol. The van der Waals surface area contributed by atoms with Crippen LogP contribution >= 0.6 is 0 Å². The van der Waals surface area contributed by atoms with E-state index >= 15 is 0 Å². The van der Waals surface area contributed by atoms with Crippen molar-refractivity contribution in [1.82, 2.24) is 9.80 Å². The van der Waals surface area contributed by atoms with Crippen LogP contribution in [0.3, 0.4) is 0 Å². The van der Waals surface area contributed by atoms with Crippen LogP contribution in [-0.4, -0.2) is 43.0 Å². The van der Waals surface area contributed by atoms with Gasteiger partial charge < -0.3 is 15.1 Å². The molecule has 1 fully saturated rings. The van der Waals surface area contributed by atoms with Crippen LogP contribution in [0.5, 0.6) is 0 Å². The topological polar surface area (TPSA) is 45.6 Å². The Morgan fingerprint density at radius 3 is 2.72 bits per heavy atom. The van der Waals surface area contributed by atoms with Crippen LogP contribution < -0.4 is 5.73 Å². The van der Waals surface area contributed by atoms with Crippen molar-refractivity contribution in [1.29, 1.82) is 0 Å². The third kappa shape index (κ3) is 3.57. The molecule has 1 aliphatic heterocycles. The third-order valence-corrected chi connectivity index (χ3v) is 3.68. The van der Waals surface area contributed by atoms with Gasteiger partial charge in [-0.15, -0.1) is 0 Å². The number of furan rings is 1. The summed E-state index contributed by atoms with van der Waals surface area (Å²) in [6, 6.07) is 2.11. The van der Waals surface area contributed by atoms with E-state index in [-0.39, 0.29) is 0 Å². The second-order valence-corrected chi connectivity index (χ2v) is 5.31.